The predicted molar refractivity (Wildman–Crippen MR) is 163 cm³/mol. The maximum absolute atomic E-state index is 12.4. The monoisotopic (exact) mass is 664 g/mol. The van der Waals surface area contributed by atoms with Crippen molar-refractivity contribution in [2.75, 3.05) is 19.6 Å². The van der Waals surface area contributed by atoms with Crippen molar-refractivity contribution in [1.82, 2.24) is 21.3 Å². The predicted octanol–water partition coefficient (Wildman–Crippen LogP) is 4.32. The molecule has 0 aromatic heterocycles. The van der Waals surface area contributed by atoms with E-state index < -0.39 is 42.0 Å². The number of hydrogen-bond acceptors (Lipinski definition) is 5. The van der Waals surface area contributed by atoms with Gasteiger partial charge in [-0.15, -0.1) is 0 Å². The van der Waals surface area contributed by atoms with E-state index in [-0.39, 0.29) is 25.9 Å². The van der Waals surface area contributed by atoms with Crippen molar-refractivity contribution >= 4 is 41.4 Å². The van der Waals surface area contributed by atoms with Gasteiger partial charge in [0, 0.05) is 24.5 Å². The molecule has 0 fully saturated rings. The molecule has 0 aliphatic rings. The number of carbonyl (C=O) groups is 5. The van der Waals surface area contributed by atoms with E-state index >= 15 is 0 Å². The van der Waals surface area contributed by atoms with Crippen LogP contribution in [-0.2, 0) is 25.6 Å². The van der Waals surface area contributed by atoms with E-state index in [1.54, 1.807) is 18.2 Å². The highest BCUT2D eigenvalue weighted by Crippen LogP contribution is 2.23. The molecule has 0 aliphatic carbocycles. The lowest BCUT2D eigenvalue weighted by atomic mass is 9.99. The largest absolute Gasteiger partial charge is 0.490 e. The Balaban J connectivity index is 0.000000942. The van der Waals surface area contributed by atoms with Gasteiger partial charge in [0.2, 0.25) is 11.8 Å². The Kier molecular flexibility index (Phi) is 15.0. The van der Waals surface area contributed by atoms with Crippen LogP contribution in [0.15, 0.2) is 78.9 Å². The summed E-state index contributed by atoms with van der Waals surface area (Å²) in [6.07, 6.45) is -4.84. The SMILES string of the molecule is O=C(O)C(F)(F)F.O=C(O)CC(NC(=O)CNC(=O)CCNC(=O)NCCc1ccccc1Cl)c1ccc(-c2ccccc2)cc1. The minimum atomic E-state index is -5.08. The molecular formula is C31H32ClF3N4O7. The van der Waals surface area contributed by atoms with Crippen LogP contribution in [0.2, 0.25) is 5.02 Å². The first kappa shape index (κ1) is 37.1. The van der Waals surface area contributed by atoms with Crippen LogP contribution in [0.3, 0.4) is 0 Å². The molecule has 15 heteroatoms. The van der Waals surface area contributed by atoms with Crippen LogP contribution in [-0.4, -0.2) is 65.8 Å². The first-order valence-corrected chi connectivity index (χ1v) is 14.1. The number of aliphatic carboxylic acids is 2. The van der Waals surface area contributed by atoms with Gasteiger partial charge < -0.3 is 31.5 Å². The smallest absolute Gasteiger partial charge is 0.481 e. The van der Waals surface area contributed by atoms with Gasteiger partial charge in [0.1, 0.15) is 0 Å². The van der Waals surface area contributed by atoms with Crippen molar-refractivity contribution in [2.24, 2.45) is 0 Å². The Morgan fingerprint density at radius 3 is 1.89 bits per heavy atom. The lowest BCUT2D eigenvalue weighted by Crippen LogP contribution is -2.41. The average Bonchev–Trinajstić information content (AvgIpc) is 3.01. The van der Waals surface area contributed by atoms with Crippen LogP contribution in [0.1, 0.15) is 30.0 Å². The molecule has 0 saturated heterocycles. The standard InChI is InChI=1S/C29H31ClN4O5.C2HF3O2/c30-24-9-5-4-8-22(24)14-16-31-29(39)32-17-15-26(35)33-19-27(36)34-25(18-28(37)38)23-12-10-21(11-13-23)20-6-2-1-3-7-20;3-2(4,5)1(6)7/h1-13,25H,14-19H2,(H,33,35)(H,34,36)(H,37,38)(H2,31,32,39);(H,6,7). The van der Waals surface area contributed by atoms with Crippen LogP contribution in [0.4, 0.5) is 18.0 Å². The van der Waals surface area contributed by atoms with E-state index in [9.17, 15) is 37.5 Å². The van der Waals surface area contributed by atoms with Gasteiger partial charge >= 0.3 is 24.1 Å². The molecule has 0 radical (unpaired) electrons. The molecular weight excluding hydrogens is 633 g/mol. The molecule has 1 atom stereocenters. The lowest BCUT2D eigenvalue weighted by molar-refractivity contribution is -0.192. The Hall–Kier alpha value is -5.11. The summed E-state index contributed by atoms with van der Waals surface area (Å²) in [7, 11) is 0. The topological polar surface area (TPSA) is 174 Å². The van der Waals surface area contributed by atoms with E-state index in [1.807, 2.05) is 60.7 Å². The number of carboxylic acid groups (broad SMARTS) is 2. The number of hydrogen-bond donors (Lipinski definition) is 6. The number of urea groups is 1. The van der Waals surface area contributed by atoms with Gasteiger partial charge in [-0.05, 0) is 34.7 Å². The Labute approximate surface area is 267 Å². The number of amides is 4. The highest BCUT2D eigenvalue weighted by atomic mass is 35.5. The second-order valence-corrected chi connectivity index (χ2v) is 9.97. The third kappa shape index (κ3) is 14.1. The molecule has 0 aliphatic heterocycles. The minimum absolute atomic E-state index is 0.0231. The fraction of sp³-hybridized carbons (Fsp3) is 0.258. The Morgan fingerprint density at radius 1 is 0.739 bits per heavy atom. The second kappa shape index (κ2) is 18.6. The number of halogens is 4. The van der Waals surface area contributed by atoms with Crippen molar-refractivity contribution in [3.63, 3.8) is 0 Å². The first-order chi connectivity index (χ1) is 21.8. The molecule has 4 amide bonds. The normalized spacial score (nSPS) is 11.2. The Bertz CT molecular complexity index is 1470. The van der Waals surface area contributed by atoms with E-state index in [0.717, 1.165) is 16.7 Å². The third-order valence-corrected chi connectivity index (χ3v) is 6.47. The molecule has 246 valence electrons. The first-order valence-electron chi connectivity index (χ1n) is 13.7. The second-order valence-electron chi connectivity index (χ2n) is 9.56. The molecule has 11 nitrogen and oxygen atoms in total. The molecule has 3 rings (SSSR count). The molecule has 0 spiro atoms. The van der Waals surface area contributed by atoms with Gasteiger partial charge in [-0.1, -0.05) is 84.4 Å². The summed E-state index contributed by atoms with van der Waals surface area (Å²) in [6, 6.07) is 23.2. The number of carboxylic acids is 2. The van der Waals surface area contributed by atoms with Gasteiger partial charge in [0.25, 0.3) is 0 Å². The summed E-state index contributed by atoms with van der Waals surface area (Å²) in [5.74, 6) is -4.77. The third-order valence-electron chi connectivity index (χ3n) is 6.10. The van der Waals surface area contributed by atoms with E-state index in [2.05, 4.69) is 21.3 Å². The van der Waals surface area contributed by atoms with Gasteiger partial charge in [-0.25, -0.2) is 9.59 Å². The highest BCUT2D eigenvalue weighted by Gasteiger charge is 2.38. The molecule has 3 aromatic carbocycles. The van der Waals surface area contributed by atoms with E-state index in [4.69, 9.17) is 21.5 Å². The molecule has 3 aromatic rings. The van der Waals surface area contributed by atoms with Gasteiger partial charge in [-0.3, -0.25) is 14.4 Å². The summed E-state index contributed by atoms with van der Waals surface area (Å²) in [5, 5.41) is 27.5. The van der Waals surface area contributed by atoms with E-state index in [1.165, 1.54) is 0 Å². The Morgan fingerprint density at radius 2 is 1.30 bits per heavy atom. The maximum atomic E-state index is 12.4. The fourth-order valence-corrected chi connectivity index (χ4v) is 4.07. The summed E-state index contributed by atoms with van der Waals surface area (Å²) >= 11 is 6.09. The quantitative estimate of drug-likeness (QED) is 0.158. The molecule has 6 N–H and O–H groups in total. The highest BCUT2D eigenvalue weighted by molar-refractivity contribution is 6.31. The molecule has 0 saturated carbocycles. The number of carbonyl (C=O) groups excluding carboxylic acids is 3. The zero-order chi connectivity index (χ0) is 34.1. The van der Waals surface area contributed by atoms with E-state index in [0.29, 0.717) is 23.6 Å². The van der Waals surface area contributed by atoms with Gasteiger partial charge in [0.05, 0.1) is 19.0 Å². The number of nitrogens with one attached hydrogen (secondary N) is 4. The average molecular weight is 665 g/mol. The van der Waals surface area contributed by atoms with Gasteiger partial charge in [-0.2, -0.15) is 13.2 Å². The van der Waals surface area contributed by atoms with Crippen LogP contribution < -0.4 is 21.3 Å². The van der Waals surface area contributed by atoms with Gasteiger partial charge in [0.15, 0.2) is 0 Å². The van der Waals surface area contributed by atoms with Crippen molar-refractivity contribution in [3.05, 3.63) is 95.0 Å². The number of benzene rings is 3. The van der Waals surface area contributed by atoms with Crippen molar-refractivity contribution in [1.29, 1.82) is 0 Å². The number of alkyl halides is 3. The van der Waals surface area contributed by atoms with Crippen molar-refractivity contribution < 1.29 is 47.4 Å². The summed E-state index contributed by atoms with van der Waals surface area (Å²) < 4.78 is 31.7. The minimum Gasteiger partial charge on any atom is -0.481 e. The van der Waals surface area contributed by atoms with Crippen molar-refractivity contribution in [3.8, 4) is 11.1 Å². The summed E-state index contributed by atoms with van der Waals surface area (Å²) in [6.45, 7) is 0.149. The lowest BCUT2D eigenvalue weighted by Gasteiger charge is -2.18. The van der Waals surface area contributed by atoms with Crippen molar-refractivity contribution in [2.45, 2.75) is 31.5 Å². The van der Waals surface area contributed by atoms with Crippen LogP contribution >= 0.6 is 11.6 Å². The van der Waals surface area contributed by atoms with Crippen LogP contribution in [0.5, 0.6) is 0 Å². The summed E-state index contributed by atoms with van der Waals surface area (Å²) in [5.41, 5.74) is 3.55. The molecule has 0 heterocycles. The van der Waals surface area contributed by atoms with Crippen LogP contribution in [0.25, 0.3) is 11.1 Å². The molecule has 46 heavy (non-hydrogen) atoms. The molecule has 1 unspecified atom stereocenters. The molecule has 0 bridgehead atoms. The van der Waals surface area contributed by atoms with Crippen LogP contribution in [0, 0.1) is 0 Å². The maximum Gasteiger partial charge on any atom is 0.490 e. The zero-order valence-electron chi connectivity index (χ0n) is 24.3. The number of rotatable bonds is 13. The zero-order valence-corrected chi connectivity index (χ0v) is 25.0. The summed E-state index contributed by atoms with van der Waals surface area (Å²) in [4.78, 5) is 56.7. The fourth-order valence-electron chi connectivity index (χ4n) is 3.84.